The number of anilines is 1. The maximum Gasteiger partial charge on any atom is 0.407 e. The molecule has 0 aromatic carbocycles. The molecule has 1 aromatic heterocycles. The molecule has 3 aliphatic heterocycles. The Bertz CT molecular complexity index is 1100. The van der Waals surface area contributed by atoms with Gasteiger partial charge < -0.3 is 19.8 Å². The third kappa shape index (κ3) is 5.48. The van der Waals surface area contributed by atoms with E-state index in [1.807, 2.05) is 25.7 Å². The predicted molar refractivity (Wildman–Crippen MR) is 138 cm³/mol. The Morgan fingerprint density at radius 2 is 1.92 bits per heavy atom. The second kappa shape index (κ2) is 10.4. The van der Waals surface area contributed by atoms with E-state index in [0.717, 1.165) is 5.56 Å². The fourth-order valence-corrected chi connectivity index (χ4v) is 6.02. The highest BCUT2D eigenvalue weighted by Gasteiger charge is 2.43. The summed E-state index contributed by atoms with van der Waals surface area (Å²) in [6.45, 7) is 11.2. The molecule has 0 saturated carbocycles. The molecule has 210 valence electrons. The monoisotopic (exact) mass is 535 g/mol. The van der Waals surface area contributed by atoms with Crippen molar-refractivity contribution in [2.75, 3.05) is 44.2 Å². The van der Waals surface area contributed by atoms with Gasteiger partial charge in [0, 0.05) is 74.8 Å². The summed E-state index contributed by atoms with van der Waals surface area (Å²) in [5.41, 5.74) is 0.415. The molecule has 0 unspecified atom stereocenters. The van der Waals surface area contributed by atoms with Crippen LogP contribution in [0.1, 0.15) is 65.1 Å². The number of rotatable bonds is 7. The molecule has 0 spiro atoms. The highest BCUT2D eigenvalue weighted by Crippen LogP contribution is 2.43. The van der Waals surface area contributed by atoms with Gasteiger partial charge in [-0.15, -0.1) is 0 Å². The number of hydrogen-bond donors (Lipinski definition) is 1. The number of nitrogens with zero attached hydrogens (tertiary/aromatic N) is 5. The molecule has 9 nitrogen and oxygen atoms in total. The molecule has 0 bridgehead atoms. The van der Waals surface area contributed by atoms with E-state index in [9.17, 15) is 28.3 Å². The number of likely N-dealkylation sites (tertiary alicyclic amines) is 1. The molecule has 3 atom stereocenters. The molecule has 1 aromatic rings. The van der Waals surface area contributed by atoms with Crippen molar-refractivity contribution >= 4 is 23.6 Å². The number of amides is 3. The van der Waals surface area contributed by atoms with Gasteiger partial charge in [-0.25, -0.2) is 4.79 Å². The fourth-order valence-electron chi connectivity index (χ4n) is 6.02. The van der Waals surface area contributed by atoms with E-state index in [1.54, 1.807) is 23.6 Å². The van der Waals surface area contributed by atoms with Crippen LogP contribution in [0.4, 0.5) is 19.3 Å². The van der Waals surface area contributed by atoms with Crippen LogP contribution in [0.25, 0.3) is 0 Å². The third-order valence-corrected chi connectivity index (χ3v) is 8.07. The number of carbonyl (C=O) groups excluding carboxylic acids is 2. The average Bonchev–Trinajstić information content (AvgIpc) is 3.28. The number of carboxylic acid groups (broad SMARTS) is 1. The molecule has 38 heavy (non-hydrogen) atoms. The van der Waals surface area contributed by atoms with Crippen molar-refractivity contribution in [3.63, 3.8) is 0 Å². The van der Waals surface area contributed by atoms with Gasteiger partial charge in [0.25, 0.3) is 5.92 Å². The first-order valence-electron chi connectivity index (χ1n) is 13.4. The highest BCUT2D eigenvalue weighted by atomic mass is 19.3. The van der Waals surface area contributed by atoms with Gasteiger partial charge in [-0.2, -0.15) is 8.78 Å². The number of alkyl halides is 2. The molecule has 0 aliphatic carbocycles. The second-order valence-electron chi connectivity index (χ2n) is 11.9. The molecular weight excluding hydrogens is 496 g/mol. The summed E-state index contributed by atoms with van der Waals surface area (Å²) in [4.78, 5) is 48.8. The van der Waals surface area contributed by atoms with Crippen molar-refractivity contribution in [1.29, 1.82) is 0 Å². The highest BCUT2D eigenvalue weighted by molar-refractivity contribution is 5.97. The topological polar surface area (TPSA) is 97.3 Å². The molecular formula is C27H39F2N5O4. The third-order valence-electron chi connectivity index (χ3n) is 8.07. The normalized spacial score (nSPS) is 25.7. The minimum Gasteiger partial charge on any atom is -0.465 e. The molecule has 4 heterocycles. The molecule has 2 saturated heterocycles. The summed E-state index contributed by atoms with van der Waals surface area (Å²) in [6.07, 6.45) is 0.886. The van der Waals surface area contributed by atoms with Crippen molar-refractivity contribution in [3.8, 4) is 0 Å². The lowest BCUT2D eigenvalue weighted by Crippen LogP contribution is -2.63. The zero-order chi connectivity index (χ0) is 28.0. The molecule has 3 aliphatic rings. The summed E-state index contributed by atoms with van der Waals surface area (Å²) < 4.78 is 29.4. The van der Waals surface area contributed by atoms with Crippen molar-refractivity contribution in [2.24, 2.45) is 5.92 Å². The standard InChI is InChI=1S/C27H39F2N5O4/c1-6-7-27(28,29)22-9-21-20(10-30-22)26(4,5)16-34(21)24(36)15-31-12-18(3)33(25(37)38)14-19(31)13-32-11-17(2)8-23(32)35/h9-10,17-19H,6-8,11-16H2,1-5H3,(H,37,38)/t17-,18-,19+/m1/s1. The quantitative estimate of drug-likeness (QED) is 0.574. The van der Waals surface area contributed by atoms with Crippen LogP contribution < -0.4 is 4.90 Å². The molecule has 4 rings (SSSR count). The van der Waals surface area contributed by atoms with Crippen LogP contribution in [0.15, 0.2) is 12.3 Å². The summed E-state index contributed by atoms with van der Waals surface area (Å²) >= 11 is 0. The van der Waals surface area contributed by atoms with Crippen LogP contribution >= 0.6 is 0 Å². The Morgan fingerprint density at radius 3 is 2.53 bits per heavy atom. The maximum absolute atomic E-state index is 14.7. The van der Waals surface area contributed by atoms with Gasteiger partial charge in [-0.05, 0) is 18.9 Å². The van der Waals surface area contributed by atoms with Crippen LogP contribution in [0, 0.1) is 5.92 Å². The Kier molecular flexibility index (Phi) is 7.71. The van der Waals surface area contributed by atoms with Crippen LogP contribution in [-0.4, -0.2) is 94.1 Å². The lowest BCUT2D eigenvalue weighted by Gasteiger charge is -2.45. The van der Waals surface area contributed by atoms with E-state index in [4.69, 9.17) is 0 Å². The van der Waals surface area contributed by atoms with Crippen LogP contribution in [0.3, 0.4) is 0 Å². The zero-order valence-electron chi connectivity index (χ0n) is 22.9. The Hall–Kier alpha value is -2.82. The van der Waals surface area contributed by atoms with Gasteiger partial charge in [0.15, 0.2) is 0 Å². The SMILES string of the molecule is CCCC(F)(F)c1cc2c(cn1)C(C)(C)CN2C(=O)CN1C[C@@H](C)N(C(=O)O)C[C@@H]1CN1C[C@H](C)CC1=O. The first-order chi connectivity index (χ1) is 17.7. The Labute approximate surface area is 222 Å². The second-order valence-corrected chi connectivity index (χ2v) is 11.9. The smallest absolute Gasteiger partial charge is 0.407 e. The minimum absolute atomic E-state index is 0.00141. The molecule has 3 amide bonds. The number of halogens is 2. The van der Waals surface area contributed by atoms with Gasteiger partial charge >= 0.3 is 6.09 Å². The number of piperazine rings is 1. The number of pyridine rings is 1. The molecule has 1 N–H and O–H groups in total. The largest absolute Gasteiger partial charge is 0.465 e. The maximum atomic E-state index is 14.7. The van der Waals surface area contributed by atoms with E-state index in [-0.39, 0.29) is 55.0 Å². The van der Waals surface area contributed by atoms with Crippen LogP contribution in [0.5, 0.6) is 0 Å². The van der Waals surface area contributed by atoms with Gasteiger partial charge in [0.1, 0.15) is 5.69 Å². The summed E-state index contributed by atoms with van der Waals surface area (Å²) in [5.74, 6) is -3.06. The van der Waals surface area contributed by atoms with Gasteiger partial charge in [-0.3, -0.25) is 19.5 Å². The van der Waals surface area contributed by atoms with E-state index in [0.29, 0.717) is 44.7 Å². The molecule has 0 radical (unpaired) electrons. The fraction of sp³-hybridized carbons (Fsp3) is 0.704. The summed E-state index contributed by atoms with van der Waals surface area (Å²) in [5, 5.41) is 9.70. The molecule has 11 heteroatoms. The van der Waals surface area contributed by atoms with Gasteiger partial charge in [0.2, 0.25) is 11.8 Å². The minimum atomic E-state index is -3.08. The average molecular weight is 536 g/mol. The number of fused-ring (bicyclic) bond motifs is 1. The molecule has 2 fully saturated rings. The predicted octanol–water partition coefficient (Wildman–Crippen LogP) is 3.52. The van der Waals surface area contributed by atoms with E-state index in [1.165, 1.54) is 17.2 Å². The lowest BCUT2D eigenvalue weighted by molar-refractivity contribution is -0.129. The van der Waals surface area contributed by atoms with Crippen molar-refractivity contribution in [2.45, 2.75) is 77.3 Å². The van der Waals surface area contributed by atoms with Crippen molar-refractivity contribution in [3.05, 3.63) is 23.5 Å². The van der Waals surface area contributed by atoms with Gasteiger partial charge in [-0.1, -0.05) is 34.1 Å². The van der Waals surface area contributed by atoms with Crippen molar-refractivity contribution < 1.29 is 28.3 Å². The van der Waals surface area contributed by atoms with E-state index in [2.05, 4.69) is 4.98 Å². The first-order valence-corrected chi connectivity index (χ1v) is 13.4. The Balaban J connectivity index is 1.58. The number of carbonyl (C=O) groups is 3. The first kappa shape index (κ1) is 28.2. The van der Waals surface area contributed by atoms with Crippen LogP contribution in [-0.2, 0) is 20.9 Å². The number of hydrogen-bond acceptors (Lipinski definition) is 5. The van der Waals surface area contributed by atoms with Crippen LogP contribution in [0.2, 0.25) is 0 Å². The van der Waals surface area contributed by atoms with E-state index >= 15 is 0 Å². The van der Waals surface area contributed by atoms with E-state index < -0.39 is 17.4 Å². The lowest BCUT2D eigenvalue weighted by atomic mass is 9.88. The van der Waals surface area contributed by atoms with Crippen molar-refractivity contribution in [1.82, 2.24) is 19.7 Å². The number of aromatic nitrogens is 1. The van der Waals surface area contributed by atoms with Gasteiger partial charge in [0.05, 0.1) is 12.2 Å². The summed E-state index contributed by atoms with van der Waals surface area (Å²) in [6, 6.07) is 0.665. The zero-order valence-corrected chi connectivity index (χ0v) is 22.9. The Morgan fingerprint density at radius 1 is 1.21 bits per heavy atom. The summed E-state index contributed by atoms with van der Waals surface area (Å²) in [7, 11) is 0.